The number of benzene rings is 1. The minimum atomic E-state index is -0.476. The summed E-state index contributed by atoms with van der Waals surface area (Å²) in [6, 6.07) is 9.01. The van der Waals surface area contributed by atoms with E-state index in [0.29, 0.717) is 21.9 Å². The molecule has 2 aromatic heterocycles. The molecule has 146 valence electrons. The van der Waals surface area contributed by atoms with Crippen LogP contribution in [0.5, 0.6) is 5.75 Å². The second-order valence-corrected chi connectivity index (χ2v) is 8.43. The molecule has 3 rings (SSSR count). The standard InChI is InChI=1S/C19H17NO5S3/c1-23-9-16(21)25-14-7-5-4-6-11(14)13-10-27-17(20-13)12-8-15(18(22)24-2)28-19(12)26-3/h4-8,10H,9H2,1-3H3. The highest BCUT2D eigenvalue weighted by molar-refractivity contribution is 8.00. The molecule has 0 saturated carbocycles. The molecule has 0 amide bonds. The van der Waals surface area contributed by atoms with Crippen LogP contribution in [0.15, 0.2) is 39.9 Å². The SMILES string of the molecule is COCC(=O)Oc1ccccc1-c1csc(-c2cc(C(=O)OC)sc2SC)n1. The van der Waals surface area contributed by atoms with Crippen molar-refractivity contribution in [2.24, 2.45) is 0 Å². The van der Waals surface area contributed by atoms with Crippen LogP contribution in [0, 0.1) is 0 Å². The molecular weight excluding hydrogens is 418 g/mol. The molecule has 0 atom stereocenters. The number of methoxy groups -OCH3 is 2. The van der Waals surface area contributed by atoms with Crippen LogP contribution >= 0.6 is 34.4 Å². The molecule has 0 saturated heterocycles. The monoisotopic (exact) mass is 435 g/mol. The maximum Gasteiger partial charge on any atom is 0.348 e. The molecule has 1 aromatic carbocycles. The fraction of sp³-hybridized carbons (Fsp3) is 0.211. The molecule has 0 N–H and O–H groups in total. The van der Waals surface area contributed by atoms with Gasteiger partial charge in [-0.3, -0.25) is 0 Å². The molecule has 0 aliphatic heterocycles. The van der Waals surface area contributed by atoms with Crippen molar-refractivity contribution in [3.8, 4) is 27.6 Å². The number of esters is 2. The van der Waals surface area contributed by atoms with Crippen molar-refractivity contribution < 1.29 is 23.8 Å². The van der Waals surface area contributed by atoms with E-state index >= 15 is 0 Å². The van der Waals surface area contributed by atoms with Gasteiger partial charge >= 0.3 is 11.9 Å². The molecule has 0 unspecified atom stereocenters. The molecule has 0 bridgehead atoms. The predicted molar refractivity (Wildman–Crippen MR) is 111 cm³/mol. The van der Waals surface area contributed by atoms with Crippen molar-refractivity contribution in [3.63, 3.8) is 0 Å². The third kappa shape index (κ3) is 4.44. The lowest BCUT2D eigenvalue weighted by Gasteiger charge is -2.07. The molecule has 28 heavy (non-hydrogen) atoms. The lowest BCUT2D eigenvalue weighted by Crippen LogP contribution is -2.14. The Bertz CT molecular complexity index is 995. The normalized spacial score (nSPS) is 10.7. The topological polar surface area (TPSA) is 74.7 Å². The molecular formula is C19H17NO5S3. The van der Waals surface area contributed by atoms with Gasteiger partial charge in [0.15, 0.2) is 0 Å². The number of hydrogen-bond acceptors (Lipinski definition) is 9. The summed E-state index contributed by atoms with van der Waals surface area (Å²) in [6.07, 6.45) is 1.95. The number of nitrogens with zero attached hydrogens (tertiary/aromatic N) is 1. The summed E-state index contributed by atoms with van der Waals surface area (Å²) in [7, 11) is 2.80. The van der Waals surface area contributed by atoms with Crippen molar-refractivity contribution >= 4 is 46.4 Å². The first-order valence-corrected chi connectivity index (χ1v) is 11.0. The molecule has 9 heteroatoms. The first-order chi connectivity index (χ1) is 13.6. The largest absolute Gasteiger partial charge is 0.465 e. The van der Waals surface area contributed by atoms with E-state index in [-0.39, 0.29) is 12.6 Å². The Kier molecular flexibility index (Phi) is 6.84. The summed E-state index contributed by atoms with van der Waals surface area (Å²) in [5.74, 6) is -0.415. The van der Waals surface area contributed by atoms with Gasteiger partial charge in [-0.1, -0.05) is 12.1 Å². The van der Waals surface area contributed by atoms with E-state index in [1.807, 2.05) is 23.8 Å². The number of rotatable bonds is 7. The summed E-state index contributed by atoms with van der Waals surface area (Å²) >= 11 is 4.40. The molecule has 0 radical (unpaired) electrons. The van der Waals surface area contributed by atoms with Crippen molar-refractivity contribution in [1.29, 1.82) is 0 Å². The van der Waals surface area contributed by atoms with E-state index in [4.69, 9.17) is 19.2 Å². The van der Waals surface area contributed by atoms with Gasteiger partial charge in [-0.2, -0.15) is 0 Å². The smallest absolute Gasteiger partial charge is 0.348 e. The van der Waals surface area contributed by atoms with Crippen LogP contribution in [0.4, 0.5) is 0 Å². The number of thioether (sulfide) groups is 1. The maximum absolute atomic E-state index is 11.9. The number of aromatic nitrogens is 1. The zero-order valence-electron chi connectivity index (χ0n) is 15.4. The van der Waals surface area contributed by atoms with Crippen molar-refractivity contribution in [2.45, 2.75) is 4.21 Å². The molecule has 0 aliphatic rings. The van der Waals surface area contributed by atoms with Crippen LogP contribution in [-0.2, 0) is 14.3 Å². The highest BCUT2D eigenvalue weighted by atomic mass is 32.2. The minimum Gasteiger partial charge on any atom is -0.465 e. The lowest BCUT2D eigenvalue weighted by molar-refractivity contribution is -0.138. The third-order valence-corrected chi connectivity index (χ3v) is 6.78. The van der Waals surface area contributed by atoms with Crippen LogP contribution in [0.1, 0.15) is 9.67 Å². The summed E-state index contributed by atoms with van der Waals surface area (Å²) in [4.78, 5) is 28.9. The fourth-order valence-corrected chi connectivity index (χ4v) is 5.19. The molecule has 6 nitrogen and oxygen atoms in total. The van der Waals surface area contributed by atoms with Gasteiger partial charge < -0.3 is 14.2 Å². The molecule has 0 fully saturated rings. The third-order valence-electron chi connectivity index (χ3n) is 3.65. The summed E-state index contributed by atoms with van der Waals surface area (Å²) < 4.78 is 16.0. The maximum atomic E-state index is 11.9. The second-order valence-electron chi connectivity index (χ2n) is 5.45. The first kappa shape index (κ1) is 20.5. The number of thiophene rings is 1. The summed E-state index contributed by atoms with van der Waals surface area (Å²) in [5.41, 5.74) is 2.30. The molecule has 0 spiro atoms. The minimum absolute atomic E-state index is 0.126. The van der Waals surface area contributed by atoms with Crippen LogP contribution in [0.3, 0.4) is 0 Å². The van der Waals surface area contributed by atoms with Gasteiger partial charge in [-0.25, -0.2) is 14.6 Å². The zero-order valence-corrected chi connectivity index (χ0v) is 17.8. The Morgan fingerprint density at radius 2 is 1.96 bits per heavy atom. The van der Waals surface area contributed by atoms with Gasteiger partial charge in [0, 0.05) is 23.6 Å². The van der Waals surface area contributed by atoms with Crippen LogP contribution in [0.2, 0.25) is 0 Å². The Morgan fingerprint density at radius 3 is 2.68 bits per heavy atom. The summed E-state index contributed by atoms with van der Waals surface area (Å²) in [5, 5.41) is 2.68. The first-order valence-electron chi connectivity index (χ1n) is 8.08. The quantitative estimate of drug-likeness (QED) is 0.305. The second kappa shape index (κ2) is 9.33. The van der Waals surface area contributed by atoms with Crippen LogP contribution < -0.4 is 4.74 Å². The molecule has 3 aromatic rings. The van der Waals surface area contributed by atoms with Crippen LogP contribution in [0.25, 0.3) is 21.8 Å². The van der Waals surface area contributed by atoms with Gasteiger partial charge in [0.05, 0.1) is 17.0 Å². The van der Waals surface area contributed by atoms with Gasteiger partial charge in [-0.05, 0) is 24.5 Å². The van der Waals surface area contributed by atoms with E-state index < -0.39 is 5.97 Å². The number of ether oxygens (including phenoxy) is 3. The van der Waals surface area contributed by atoms with Crippen molar-refractivity contribution in [1.82, 2.24) is 4.98 Å². The number of carbonyl (C=O) groups excluding carboxylic acids is 2. The highest BCUT2D eigenvalue weighted by Gasteiger charge is 2.19. The van der Waals surface area contributed by atoms with Gasteiger partial charge in [0.1, 0.15) is 22.2 Å². The van der Waals surface area contributed by atoms with E-state index in [1.165, 1.54) is 36.9 Å². The fourth-order valence-electron chi connectivity index (χ4n) is 2.43. The van der Waals surface area contributed by atoms with Crippen LogP contribution in [-0.4, -0.2) is 44.0 Å². The lowest BCUT2D eigenvalue weighted by atomic mass is 10.1. The predicted octanol–water partition coefficient (Wildman–Crippen LogP) is 4.60. The number of hydrogen-bond donors (Lipinski definition) is 0. The summed E-state index contributed by atoms with van der Waals surface area (Å²) in [6.45, 7) is -0.126. The molecule has 0 aliphatic carbocycles. The van der Waals surface area contributed by atoms with Crippen molar-refractivity contribution in [3.05, 3.63) is 40.6 Å². The van der Waals surface area contributed by atoms with E-state index in [1.54, 1.807) is 30.0 Å². The highest BCUT2D eigenvalue weighted by Crippen LogP contribution is 2.41. The van der Waals surface area contributed by atoms with E-state index in [2.05, 4.69) is 0 Å². The number of thiazole rings is 1. The van der Waals surface area contributed by atoms with Gasteiger partial charge in [-0.15, -0.1) is 34.4 Å². The average Bonchev–Trinajstić information content (AvgIpc) is 3.34. The average molecular weight is 436 g/mol. The van der Waals surface area contributed by atoms with E-state index in [9.17, 15) is 9.59 Å². The van der Waals surface area contributed by atoms with Crippen molar-refractivity contribution in [2.75, 3.05) is 27.1 Å². The Morgan fingerprint density at radius 1 is 1.18 bits per heavy atom. The van der Waals surface area contributed by atoms with Gasteiger partial charge in [0.2, 0.25) is 0 Å². The zero-order chi connectivity index (χ0) is 20.1. The Hall–Kier alpha value is -2.20. The Labute approximate surface area is 174 Å². The Balaban J connectivity index is 1.95. The van der Waals surface area contributed by atoms with E-state index in [0.717, 1.165) is 14.8 Å². The van der Waals surface area contributed by atoms with Gasteiger partial charge in [0.25, 0.3) is 0 Å². The molecule has 2 heterocycles. The number of para-hydroxylation sites is 1. The number of carbonyl (C=O) groups is 2.